The van der Waals surface area contributed by atoms with E-state index >= 15 is 14.4 Å². The third kappa shape index (κ3) is 23.7. The second-order valence-corrected chi connectivity index (χ2v) is 25.9. The molecule has 2 saturated heterocycles. The molecule has 6 rings (SSSR count). The average Bonchev–Trinajstić information content (AvgIpc) is 2.03. The fraction of sp³-hybridized carbons (Fsp3) is 0.562. The largest absolute Gasteiger partial charge is 0.508 e. The van der Waals surface area contributed by atoms with E-state index in [1.165, 1.54) is 26.0 Å². The SMILES string of the molecule is CCN1CCN(CC)CCN(CC(=O)N[C@@H](Cc2ccccc2)C(=O)NC2CSSC(C(=O)NC(C)C(C)O)NC(=O)C(C(C)O)NC(=O)C(CCCCN)NC(=O)[C@H](Cc3c[nH]c4ccccc34)NC(=O)C(Cc3ccc(O)cc3)NC2=O)CCN(CC)CC1. The molecule has 10 atom stereocenters. The summed E-state index contributed by atoms with van der Waals surface area (Å²) in [7, 11) is 1.65. The van der Waals surface area contributed by atoms with Crippen molar-refractivity contribution >= 4 is 79.7 Å². The molecule has 2 fully saturated rings. The highest BCUT2D eigenvalue weighted by Gasteiger charge is 2.37. The molecule has 500 valence electrons. The number of aromatic amines is 1. The Kier molecular flexibility index (Phi) is 30.3. The third-order valence-electron chi connectivity index (χ3n) is 16.6. The summed E-state index contributed by atoms with van der Waals surface area (Å²) >= 11 is 0. The number of unbranched alkanes of at least 4 members (excludes halogenated alkanes) is 1. The minimum Gasteiger partial charge on any atom is -0.508 e. The van der Waals surface area contributed by atoms with Crippen LogP contribution in [0.2, 0.25) is 0 Å². The quantitative estimate of drug-likeness (QED) is 0.0372. The molecule has 2 aliphatic heterocycles. The van der Waals surface area contributed by atoms with Crippen molar-refractivity contribution in [2.75, 3.05) is 90.8 Å². The molecular weight excluding hydrogens is 1200 g/mol. The number of aromatic hydroxyl groups is 1. The van der Waals surface area contributed by atoms with Gasteiger partial charge in [-0.2, -0.15) is 0 Å². The molecule has 0 spiro atoms. The summed E-state index contributed by atoms with van der Waals surface area (Å²) in [6.45, 7) is 19.7. The molecule has 91 heavy (non-hydrogen) atoms. The topological polar surface area (TPSA) is 348 Å². The number of H-pyrrole nitrogens is 1. The monoisotopic (exact) mass is 1300 g/mol. The molecule has 8 unspecified atom stereocenters. The number of likely N-dealkylation sites (N-methyl/N-ethyl adjacent to an activating group) is 3. The van der Waals surface area contributed by atoms with E-state index in [0.29, 0.717) is 42.6 Å². The molecule has 14 N–H and O–H groups in total. The zero-order valence-electron chi connectivity index (χ0n) is 53.3. The summed E-state index contributed by atoms with van der Waals surface area (Å²) < 4.78 is 0. The molecule has 1 aromatic heterocycles. The third-order valence-corrected chi connectivity index (χ3v) is 19.1. The van der Waals surface area contributed by atoms with E-state index in [2.05, 4.69) is 87.9 Å². The van der Waals surface area contributed by atoms with Crippen LogP contribution in [0.5, 0.6) is 5.75 Å². The fourth-order valence-electron chi connectivity index (χ4n) is 10.6. The zero-order chi connectivity index (χ0) is 66.0. The van der Waals surface area contributed by atoms with Gasteiger partial charge in [-0.1, -0.05) is 103 Å². The van der Waals surface area contributed by atoms with E-state index < -0.39 is 107 Å². The number of aliphatic hydroxyl groups excluding tert-OH is 2. The predicted molar refractivity (Wildman–Crippen MR) is 354 cm³/mol. The summed E-state index contributed by atoms with van der Waals surface area (Å²) in [5, 5.41) is 53.2. The minimum atomic E-state index is -1.70. The number of amides is 8. The van der Waals surface area contributed by atoms with Gasteiger partial charge in [0.1, 0.15) is 42.0 Å². The molecule has 0 bridgehead atoms. The number of carbonyl (C=O) groups is 8. The van der Waals surface area contributed by atoms with Gasteiger partial charge in [0.25, 0.3) is 5.91 Å². The van der Waals surface area contributed by atoms with Crippen LogP contribution in [0.3, 0.4) is 0 Å². The van der Waals surface area contributed by atoms with Crippen molar-refractivity contribution < 1.29 is 53.7 Å². The summed E-state index contributed by atoms with van der Waals surface area (Å²) in [6, 6.07) is 12.7. The number of aliphatic hydroxyl groups is 2. The van der Waals surface area contributed by atoms with Crippen molar-refractivity contribution in [3.05, 3.63) is 102 Å². The smallest absolute Gasteiger partial charge is 0.254 e. The van der Waals surface area contributed by atoms with Crippen LogP contribution < -0.4 is 48.3 Å². The van der Waals surface area contributed by atoms with E-state index in [0.717, 1.165) is 91.4 Å². The number of phenols is 1. The number of rotatable bonds is 22. The van der Waals surface area contributed by atoms with Crippen LogP contribution in [0.15, 0.2) is 85.1 Å². The predicted octanol–water partition coefficient (Wildman–Crippen LogP) is 0.324. The van der Waals surface area contributed by atoms with Gasteiger partial charge in [0, 0.05) is 94.5 Å². The molecule has 8 amide bonds. The van der Waals surface area contributed by atoms with Crippen molar-refractivity contribution in [3.8, 4) is 5.75 Å². The van der Waals surface area contributed by atoms with Crippen LogP contribution in [-0.2, 0) is 57.6 Å². The Bertz CT molecular complexity index is 2960. The molecule has 25 nitrogen and oxygen atoms in total. The van der Waals surface area contributed by atoms with Crippen LogP contribution in [0.1, 0.15) is 77.5 Å². The summed E-state index contributed by atoms with van der Waals surface area (Å²) in [5.41, 5.74) is 8.39. The number of nitrogens with one attached hydrogen (secondary N) is 9. The highest BCUT2D eigenvalue weighted by Crippen LogP contribution is 2.28. The highest BCUT2D eigenvalue weighted by atomic mass is 33.1. The maximum absolute atomic E-state index is 15.3. The van der Waals surface area contributed by atoms with Crippen molar-refractivity contribution in [1.29, 1.82) is 0 Å². The van der Waals surface area contributed by atoms with Crippen LogP contribution in [-0.4, -0.2) is 238 Å². The number of carbonyl (C=O) groups excluding carboxylic acids is 8. The Morgan fingerprint density at radius 3 is 1.79 bits per heavy atom. The Balaban J connectivity index is 1.40. The number of aromatic nitrogens is 1. The van der Waals surface area contributed by atoms with Gasteiger partial charge in [0.2, 0.25) is 41.4 Å². The normalized spacial score (nSPS) is 22.9. The lowest BCUT2D eigenvalue weighted by molar-refractivity contribution is -0.136. The van der Waals surface area contributed by atoms with Crippen LogP contribution >= 0.6 is 21.6 Å². The standard InChI is InChI=1S/C64H96N14O11S2/c1-7-75-27-29-76(8-2)31-33-78(34-32-77(9-3)30-28-75)39-55(82)68-51(35-44-17-11-10-12-18-44)58(84)72-54-40-90-91-64(63(89)67-41(4)42(5)79)74-62(88)56(43(6)80)73-57(83)50(21-15-16-26-65)69-60(86)53(37-46-38-66-49-20-14-13-19-48(46)49)71-59(85)52(70-61(54)87)36-45-22-24-47(81)25-23-45/h10-14,17-20,22-25,38,41-43,50-54,56,64,66,79-81H,7-9,15-16,21,26-37,39-40,65H2,1-6H3,(H,67,89)(H,68,82)(H,69,86)(H,70,87)(H,71,85)(H,72,84)(H,73,83)(H,74,88)/t41?,42?,43?,50?,51-,52?,53-,54?,56?,64?/m0/s1. The van der Waals surface area contributed by atoms with Gasteiger partial charge in [-0.3, -0.25) is 43.3 Å². The number of hydrogen-bond donors (Lipinski definition) is 13. The van der Waals surface area contributed by atoms with Crippen molar-refractivity contribution in [1.82, 2.24) is 67.1 Å². The van der Waals surface area contributed by atoms with Gasteiger partial charge in [-0.15, -0.1) is 0 Å². The first-order valence-corrected chi connectivity index (χ1v) is 34.1. The number of nitrogens with two attached hydrogens (primary N) is 1. The molecule has 2 aliphatic rings. The van der Waals surface area contributed by atoms with E-state index in [1.54, 1.807) is 37.4 Å². The van der Waals surface area contributed by atoms with E-state index in [4.69, 9.17) is 5.73 Å². The molecule has 27 heteroatoms. The fourth-order valence-corrected chi connectivity index (χ4v) is 13.0. The van der Waals surface area contributed by atoms with E-state index in [-0.39, 0.29) is 50.3 Å². The van der Waals surface area contributed by atoms with Crippen LogP contribution in [0, 0.1) is 0 Å². The number of hydrogen-bond acceptors (Lipinski definition) is 18. The van der Waals surface area contributed by atoms with Gasteiger partial charge in [-0.05, 0) is 101 Å². The summed E-state index contributed by atoms with van der Waals surface area (Å²) in [5.74, 6) is -6.82. The average molecular weight is 1300 g/mol. The number of benzene rings is 3. The lowest BCUT2D eigenvalue weighted by Crippen LogP contribution is -2.61. The lowest BCUT2D eigenvalue weighted by atomic mass is 10.0. The summed E-state index contributed by atoms with van der Waals surface area (Å²) in [6.07, 6.45) is -0.433. The maximum atomic E-state index is 15.3. The molecule has 3 heterocycles. The van der Waals surface area contributed by atoms with Crippen molar-refractivity contribution in [3.63, 3.8) is 0 Å². The number of fused-ring (bicyclic) bond motifs is 1. The first kappa shape index (κ1) is 73.2. The minimum absolute atomic E-state index is 0.00612. The second-order valence-electron chi connectivity index (χ2n) is 23.4. The van der Waals surface area contributed by atoms with Crippen LogP contribution in [0.4, 0.5) is 0 Å². The van der Waals surface area contributed by atoms with E-state index in [9.17, 15) is 39.3 Å². The Labute approximate surface area is 542 Å². The van der Waals surface area contributed by atoms with Gasteiger partial charge >= 0.3 is 0 Å². The van der Waals surface area contributed by atoms with Crippen molar-refractivity contribution in [2.24, 2.45) is 5.73 Å². The summed E-state index contributed by atoms with van der Waals surface area (Å²) in [4.78, 5) is 130. The van der Waals surface area contributed by atoms with E-state index in [1.807, 2.05) is 42.5 Å². The Hall–Kier alpha value is -6.82. The Morgan fingerprint density at radius 1 is 0.637 bits per heavy atom. The number of para-hydroxylation sites is 1. The second kappa shape index (κ2) is 37.6. The molecule has 3 aromatic carbocycles. The lowest BCUT2D eigenvalue weighted by Gasteiger charge is -2.33. The van der Waals surface area contributed by atoms with Crippen molar-refractivity contribution in [2.45, 2.75) is 140 Å². The first-order valence-electron chi connectivity index (χ1n) is 31.7. The maximum Gasteiger partial charge on any atom is 0.254 e. The van der Waals surface area contributed by atoms with Gasteiger partial charge in [0.05, 0.1) is 24.8 Å². The zero-order valence-corrected chi connectivity index (χ0v) is 54.9. The number of nitrogens with zero attached hydrogens (tertiary/aromatic N) is 4. The van der Waals surface area contributed by atoms with Gasteiger partial charge in [-0.25, -0.2) is 0 Å². The first-order chi connectivity index (χ1) is 43.7. The molecule has 0 aliphatic carbocycles. The Morgan fingerprint density at radius 2 is 1.20 bits per heavy atom. The number of phenolic OH excluding ortho intramolecular Hbond substituents is 1. The van der Waals surface area contributed by atoms with Gasteiger partial charge < -0.3 is 83.3 Å². The van der Waals surface area contributed by atoms with Gasteiger partial charge in [0.15, 0.2) is 5.37 Å². The molecular formula is C64H96N14O11S2. The molecule has 0 radical (unpaired) electrons. The molecule has 0 saturated carbocycles. The van der Waals surface area contributed by atoms with Crippen LogP contribution in [0.25, 0.3) is 10.9 Å². The highest BCUT2D eigenvalue weighted by molar-refractivity contribution is 8.77. The molecule has 4 aromatic rings.